The van der Waals surface area contributed by atoms with Crippen LogP contribution in [0.25, 0.3) is 0 Å². The van der Waals surface area contributed by atoms with Crippen molar-refractivity contribution in [1.29, 1.82) is 5.26 Å². The fourth-order valence-corrected chi connectivity index (χ4v) is 2.11. The first-order valence-electron chi connectivity index (χ1n) is 8.04. The van der Waals surface area contributed by atoms with Gasteiger partial charge in [0.2, 0.25) is 0 Å². The Bertz CT molecular complexity index is 544. The van der Waals surface area contributed by atoms with E-state index >= 15 is 0 Å². The number of amides is 1. The van der Waals surface area contributed by atoms with Gasteiger partial charge in [-0.2, -0.15) is 5.26 Å². The molecule has 0 aliphatic carbocycles. The molecule has 0 saturated heterocycles. The summed E-state index contributed by atoms with van der Waals surface area (Å²) >= 11 is 0. The van der Waals surface area contributed by atoms with Crippen molar-refractivity contribution in [3.05, 3.63) is 35.4 Å². The van der Waals surface area contributed by atoms with E-state index in [1.54, 1.807) is 4.90 Å². The van der Waals surface area contributed by atoms with Gasteiger partial charge >= 0.3 is 6.09 Å². The molecule has 0 bridgehead atoms. The van der Waals surface area contributed by atoms with Crippen LogP contribution >= 0.6 is 0 Å². The van der Waals surface area contributed by atoms with Crippen LogP contribution in [0.15, 0.2) is 24.3 Å². The summed E-state index contributed by atoms with van der Waals surface area (Å²) in [6, 6.07) is 9.75. The maximum atomic E-state index is 12.0. The maximum absolute atomic E-state index is 12.0. The van der Waals surface area contributed by atoms with Gasteiger partial charge in [0.1, 0.15) is 5.60 Å². The predicted octanol–water partition coefficient (Wildman–Crippen LogP) is 3.29. The third-order valence-electron chi connectivity index (χ3n) is 3.27. The van der Waals surface area contributed by atoms with Crippen molar-refractivity contribution < 1.29 is 9.53 Å². The normalized spacial score (nSPS) is 10.9. The highest BCUT2D eigenvalue weighted by Crippen LogP contribution is 2.10. The van der Waals surface area contributed by atoms with Crippen LogP contribution in [-0.4, -0.2) is 36.2 Å². The Kier molecular flexibility index (Phi) is 7.56. The average molecular weight is 317 g/mol. The molecule has 0 aliphatic rings. The summed E-state index contributed by atoms with van der Waals surface area (Å²) in [7, 11) is 0. The standard InChI is InChI=1S/C18H27N3O2/c1-5-21(17(22)23-18(2,3)4)12-8-11-20-14-16-10-7-6-9-15(16)13-19/h6-7,9-10,20H,5,8,11-12,14H2,1-4H3. The summed E-state index contributed by atoms with van der Waals surface area (Å²) in [6.07, 6.45) is 0.566. The van der Waals surface area contributed by atoms with E-state index in [1.165, 1.54) is 0 Å². The molecule has 0 fully saturated rings. The fourth-order valence-electron chi connectivity index (χ4n) is 2.11. The first-order chi connectivity index (χ1) is 10.9. The van der Waals surface area contributed by atoms with Gasteiger partial charge in [-0.05, 0) is 52.3 Å². The molecule has 0 heterocycles. The Morgan fingerprint density at radius 2 is 2.04 bits per heavy atom. The van der Waals surface area contributed by atoms with Gasteiger partial charge in [0.25, 0.3) is 0 Å². The quantitative estimate of drug-likeness (QED) is 0.784. The van der Waals surface area contributed by atoms with Crippen LogP contribution in [0.4, 0.5) is 4.79 Å². The molecule has 5 nitrogen and oxygen atoms in total. The summed E-state index contributed by atoms with van der Waals surface area (Å²) in [5.41, 5.74) is 1.22. The van der Waals surface area contributed by atoms with E-state index in [2.05, 4.69) is 11.4 Å². The first kappa shape index (κ1) is 19.0. The highest BCUT2D eigenvalue weighted by molar-refractivity contribution is 5.68. The zero-order valence-corrected chi connectivity index (χ0v) is 14.6. The van der Waals surface area contributed by atoms with Crippen molar-refractivity contribution in [3.8, 4) is 6.07 Å². The highest BCUT2D eigenvalue weighted by atomic mass is 16.6. The van der Waals surface area contributed by atoms with Crippen LogP contribution < -0.4 is 5.32 Å². The average Bonchev–Trinajstić information content (AvgIpc) is 2.49. The molecule has 23 heavy (non-hydrogen) atoms. The van der Waals surface area contributed by atoms with Crippen LogP contribution in [0.3, 0.4) is 0 Å². The van der Waals surface area contributed by atoms with Crippen LogP contribution in [0.2, 0.25) is 0 Å². The van der Waals surface area contributed by atoms with Crippen LogP contribution in [0, 0.1) is 11.3 Å². The van der Waals surface area contributed by atoms with Crippen LogP contribution in [-0.2, 0) is 11.3 Å². The molecule has 0 unspecified atom stereocenters. The molecule has 0 aliphatic heterocycles. The third kappa shape index (κ3) is 7.16. The second-order valence-electron chi connectivity index (χ2n) is 6.36. The van der Waals surface area contributed by atoms with Gasteiger partial charge < -0.3 is 15.0 Å². The van der Waals surface area contributed by atoms with Gasteiger partial charge in [-0.3, -0.25) is 0 Å². The first-order valence-corrected chi connectivity index (χ1v) is 8.04. The van der Waals surface area contributed by atoms with Crippen molar-refractivity contribution in [2.75, 3.05) is 19.6 Å². The molecule has 0 atom stereocenters. The number of nitrogens with one attached hydrogen (secondary N) is 1. The van der Waals surface area contributed by atoms with Gasteiger partial charge in [-0.15, -0.1) is 0 Å². The lowest BCUT2D eigenvalue weighted by molar-refractivity contribution is 0.0258. The van der Waals surface area contributed by atoms with E-state index in [4.69, 9.17) is 10.00 Å². The number of hydrogen-bond acceptors (Lipinski definition) is 4. The summed E-state index contributed by atoms with van der Waals surface area (Å²) < 4.78 is 5.38. The lowest BCUT2D eigenvalue weighted by Gasteiger charge is -2.26. The van der Waals surface area contributed by atoms with Crippen molar-refractivity contribution in [3.63, 3.8) is 0 Å². The molecule has 1 rings (SSSR count). The SMILES string of the molecule is CCN(CCCNCc1ccccc1C#N)C(=O)OC(C)(C)C. The minimum absolute atomic E-state index is 0.269. The number of nitriles is 1. The highest BCUT2D eigenvalue weighted by Gasteiger charge is 2.20. The minimum atomic E-state index is -0.468. The molecule has 1 N–H and O–H groups in total. The van der Waals surface area contributed by atoms with E-state index in [-0.39, 0.29) is 6.09 Å². The Labute approximate surface area is 139 Å². The Morgan fingerprint density at radius 3 is 2.65 bits per heavy atom. The number of carbonyl (C=O) groups is 1. The van der Waals surface area contributed by atoms with Gasteiger partial charge in [0, 0.05) is 19.6 Å². The molecule has 5 heteroatoms. The maximum Gasteiger partial charge on any atom is 0.410 e. The second kappa shape index (κ2) is 9.16. The van der Waals surface area contributed by atoms with Gasteiger partial charge in [0.05, 0.1) is 11.6 Å². The number of ether oxygens (including phenoxy) is 1. The molecule has 0 spiro atoms. The molecule has 0 aromatic heterocycles. The molecule has 126 valence electrons. The molecule has 1 amide bonds. The van der Waals surface area contributed by atoms with Crippen molar-refractivity contribution in [2.24, 2.45) is 0 Å². The zero-order valence-electron chi connectivity index (χ0n) is 14.6. The van der Waals surface area contributed by atoms with Gasteiger partial charge in [-0.25, -0.2) is 4.79 Å². The largest absolute Gasteiger partial charge is 0.444 e. The minimum Gasteiger partial charge on any atom is -0.444 e. The van der Waals surface area contributed by atoms with Gasteiger partial charge in [0.15, 0.2) is 0 Å². The molecular formula is C18H27N3O2. The summed E-state index contributed by atoms with van der Waals surface area (Å²) in [5, 5.41) is 12.4. The molecule has 0 radical (unpaired) electrons. The topological polar surface area (TPSA) is 65.4 Å². The summed E-state index contributed by atoms with van der Waals surface area (Å²) in [5.74, 6) is 0. The summed E-state index contributed by atoms with van der Waals surface area (Å²) in [6.45, 7) is 10.3. The Morgan fingerprint density at radius 1 is 1.35 bits per heavy atom. The summed E-state index contributed by atoms with van der Waals surface area (Å²) in [4.78, 5) is 13.7. The number of hydrogen-bond donors (Lipinski definition) is 1. The molecule has 1 aromatic carbocycles. The van der Waals surface area contributed by atoms with E-state index in [0.29, 0.717) is 25.2 Å². The number of nitrogens with zero attached hydrogens (tertiary/aromatic N) is 2. The van der Waals surface area contributed by atoms with E-state index < -0.39 is 5.60 Å². The molecular weight excluding hydrogens is 290 g/mol. The number of rotatable bonds is 7. The monoisotopic (exact) mass is 317 g/mol. The third-order valence-corrected chi connectivity index (χ3v) is 3.27. The smallest absolute Gasteiger partial charge is 0.410 e. The Balaban J connectivity index is 2.33. The Hall–Kier alpha value is -2.06. The van der Waals surface area contributed by atoms with Crippen molar-refractivity contribution in [1.82, 2.24) is 10.2 Å². The number of carbonyl (C=O) groups excluding carboxylic acids is 1. The van der Waals surface area contributed by atoms with E-state index in [1.807, 2.05) is 52.0 Å². The second-order valence-corrected chi connectivity index (χ2v) is 6.36. The van der Waals surface area contributed by atoms with Gasteiger partial charge in [-0.1, -0.05) is 18.2 Å². The van der Waals surface area contributed by atoms with E-state index in [9.17, 15) is 4.79 Å². The lowest BCUT2D eigenvalue weighted by atomic mass is 10.1. The van der Waals surface area contributed by atoms with Crippen LogP contribution in [0.1, 0.15) is 45.2 Å². The van der Waals surface area contributed by atoms with E-state index in [0.717, 1.165) is 18.5 Å². The van der Waals surface area contributed by atoms with Crippen molar-refractivity contribution in [2.45, 2.75) is 46.3 Å². The fraction of sp³-hybridized carbons (Fsp3) is 0.556. The molecule has 1 aromatic rings. The predicted molar refractivity (Wildman–Crippen MR) is 91.0 cm³/mol. The zero-order chi connectivity index (χ0) is 17.3. The van der Waals surface area contributed by atoms with Crippen molar-refractivity contribution >= 4 is 6.09 Å². The number of benzene rings is 1. The lowest BCUT2D eigenvalue weighted by Crippen LogP contribution is -2.38. The van der Waals surface area contributed by atoms with Crippen LogP contribution in [0.5, 0.6) is 0 Å². The molecule has 0 saturated carbocycles.